The van der Waals surface area contributed by atoms with Crippen LogP contribution in [0.3, 0.4) is 0 Å². The lowest BCUT2D eigenvalue weighted by Crippen LogP contribution is -2.34. The van der Waals surface area contributed by atoms with Gasteiger partial charge in [0.2, 0.25) is 0 Å². The molecule has 130 valence electrons. The summed E-state index contributed by atoms with van der Waals surface area (Å²) in [4.78, 5) is 2.29. The molecule has 3 aromatic rings. The maximum atomic E-state index is 9.34. The number of nitrogens with zero attached hydrogens (tertiary/aromatic N) is 5. The van der Waals surface area contributed by atoms with Crippen molar-refractivity contribution in [3.8, 4) is 5.69 Å². The smallest absolute Gasteiger partial charge is 0.170 e. The van der Waals surface area contributed by atoms with E-state index in [1.54, 1.807) is 4.68 Å². The maximum absolute atomic E-state index is 9.34. The topological polar surface area (TPSA) is 67.1 Å². The number of tetrazole rings is 1. The third-order valence-electron chi connectivity index (χ3n) is 4.28. The summed E-state index contributed by atoms with van der Waals surface area (Å²) >= 11 is 0. The molecule has 0 aliphatic carbocycles. The van der Waals surface area contributed by atoms with E-state index in [2.05, 4.69) is 39.5 Å². The zero-order chi connectivity index (χ0) is 17.5. The molecule has 1 aromatic heterocycles. The van der Waals surface area contributed by atoms with Crippen molar-refractivity contribution in [3.05, 3.63) is 72.1 Å². The fourth-order valence-corrected chi connectivity index (χ4v) is 2.81. The molecule has 2 aromatic carbocycles. The minimum absolute atomic E-state index is 0.163. The number of aromatic nitrogens is 4. The van der Waals surface area contributed by atoms with Gasteiger partial charge in [-0.1, -0.05) is 48.5 Å². The molecule has 0 fully saturated rings. The van der Waals surface area contributed by atoms with E-state index >= 15 is 0 Å². The fourth-order valence-electron chi connectivity index (χ4n) is 2.81. The third kappa shape index (κ3) is 4.49. The van der Waals surface area contributed by atoms with E-state index in [1.807, 2.05) is 48.5 Å². The Bertz CT molecular complexity index is 760. The highest BCUT2D eigenvalue weighted by molar-refractivity contribution is 5.30. The summed E-state index contributed by atoms with van der Waals surface area (Å²) in [5.74, 6) is 0.784. The average Bonchev–Trinajstić information content (AvgIpc) is 3.11. The van der Waals surface area contributed by atoms with Crippen molar-refractivity contribution in [2.75, 3.05) is 6.61 Å². The van der Waals surface area contributed by atoms with Gasteiger partial charge in [-0.05, 0) is 41.5 Å². The van der Waals surface area contributed by atoms with Crippen LogP contribution in [-0.4, -0.2) is 42.9 Å². The predicted octanol–water partition coefficient (Wildman–Crippen LogP) is 2.44. The lowest BCUT2D eigenvalue weighted by atomic mass is 10.1. The van der Waals surface area contributed by atoms with Gasteiger partial charge in [0.1, 0.15) is 0 Å². The highest BCUT2D eigenvalue weighted by atomic mass is 16.3. The van der Waals surface area contributed by atoms with Gasteiger partial charge in [-0.15, -0.1) is 5.10 Å². The van der Waals surface area contributed by atoms with E-state index in [-0.39, 0.29) is 12.6 Å². The van der Waals surface area contributed by atoms with Gasteiger partial charge in [0, 0.05) is 19.2 Å². The van der Waals surface area contributed by atoms with Crippen molar-refractivity contribution in [2.45, 2.75) is 32.5 Å². The first-order chi connectivity index (χ1) is 12.3. The van der Waals surface area contributed by atoms with Gasteiger partial charge < -0.3 is 5.11 Å². The summed E-state index contributed by atoms with van der Waals surface area (Å²) in [5, 5.41) is 21.5. The van der Waals surface area contributed by atoms with Crippen LogP contribution < -0.4 is 0 Å². The molecule has 1 N–H and O–H groups in total. The van der Waals surface area contributed by atoms with Crippen molar-refractivity contribution in [2.24, 2.45) is 0 Å². The number of benzene rings is 2. The summed E-state index contributed by atoms with van der Waals surface area (Å²) in [6, 6.07) is 20.4. The second-order valence-corrected chi connectivity index (χ2v) is 6.09. The molecule has 0 aliphatic rings. The zero-order valence-corrected chi connectivity index (χ0v) is 14.4. The van der Waals surface area contributed by atoms with Crippen LogP contribution in [0.4, 0.5) is 0 Å². The van der Waals surface area contributed by atoms with E-state index in [1.165, 1.54) is 5.56 Å². The van der Waals surface area contributed by atoms with Gasteiger partial charge in [0.15, 0.2) is 5.82 Å². The van der Waals surface area contributed by atoms with Crippen molar-refractivity contribution >= 4 is 0 Å². The van der Waals surface area contributed by atoms with Crippen LogP contribution in [0, 0.1) is 0 Å². The Balaban J connectivity index is 1.82. The van der Waals surface area contributed by atoms with Crippen LogP contribution in [0.5, 0.6) is 0 Å². The first-order valence-corrected chi connectivity index (χ1v) is 8.49. The Morgan fingerprint density at radius 2 is 1.68 bits per heavy atom. The molecule has 1 atom stereocenters. The van der Waals surface area contributed by atoms with E-state index in [0.29, 0.717) is 13.0 Å². The van der Waals surface area contributed by atoms with Gasteiger partial charge in [-0.25, -0.2) is 0 Å². The first kappa shape index (κ1) is 17.3. The monoisotopic (exact) mass is 337 g/mol. The lowest BCUT2D eigenvalue weighted by molar-refractivity contribution is 0.149. The molecule has 0 amide bonds. The zero-order valence-electron chi connectivity index (χ0n) is 14.4. The van der Waals surface area contributed by atoms with Gasteiger partial charge in [0.05, 0.1) is 12.2 Å². The number of hydrogen-bond acceptors (Lipinski definition) is 5. The molecular weight excluding hydrogens is 314 g/mol. The van der Waals surface area contributed by atoms with Crippen molar-refractivity contribution in [3.63, 3.8) is 0 Å². The molecule has 25 heavy (non-hydrogen) atoms. The van der Waals surface area contributed by atoms with Gasteiger partial charge in [0.25, 0.3) is 0 Å². The molecule has 0 aliphatic heterocycles. The van der Waals surface area contributed by atoms with Crippen molar-refractivity contribution in [1.82, 2.24) is 25.1 Å². The van der Waals surface area contributed by atoms with E-state index in [9.17, 15) is 5.11 Å². The molecule has 1 heterocycles. The molecule has 1 unspecified atom stereocenters. The molecule has 0 spiro atoms. The molecule has 0 radical (unpaired) electrons. The first-order valence-electron chi connectivity index (χ1n) is 8.49. The highest BCUT2D eigenvalue weighted by Gasteiger charge is 2.18. The maximum Gasteiger partial charge on any atom is 0.170 e. The van der Waals surface area contributed by atoms with Crippen LogP contribution in [-0.2, 0) is 13.1 Å². The Morgan fingerprint density at radius 1 is 1.00 bits per heavy atom. The standard InChI is InChI=1S/C19H23N5O/c1-16(12-13-25)23(14-17-8-4-2-5-9-17)15-19-20-21-22-24(19)18-10-6-3-7-11-18/h2-11,16,25H,12-15H2,1H3. The minimum Gasteiger partial charge on any atom is -0.396 e. The van der Waals surface area contributed by atoms with Crippen LogP contribution >= 0.6 is 0 Å². The highest BCUT2D eigenvalue weighted by Crippen LogP contribution is 2.15. The van der Waals surface area contributed by atoms with Gasteiger partial charge in [-0.3, -0.25) is 4.90 Å². The Labute approximate surface area is 147 Å². The Morgan fingerprint density at radius 3 is 2.36 bits per heavy atom. The van der Waals surface area contributed by atoms with E-state index in [4.69, 9.17) is 0 Å². The molecular formula is C19H23N5O. The van der Waals surface area contributed by atoms with Crippen LogP contribution in [0.25, 0.3) is 5.69 Å². The van der Waals surface area contributed by atoms with Crippen LogP contribution in [0.15, 0.2) is 60.7 Å². The molecule has 6 nitrogen and oxygen atoms in total. The number of hydrogen-bond donors (Lipinski definition) is 1. The van der Waals surface area contributed by atoms with Crippen molar-refractivity contribution < 1.29 is 5.11 Å². The third-order valence-corrected chi connectivity index (χ3v) is 4.28. The minimum atomic E-state index is 0.163. The quantitative estimate of drug-likeness (QED) is 0.684. The molecule has 0 saturated carbocycles. The lowest BCUT2D eigenvalue weighted by Gasteiger charge is -2.28. The van der Waals surface area contributed by atoms with E-state index in [0.717, 1.165) is 18.1 Å². The predicted molar refractivity (Wildman–Crippen MR) is 96.0 cm³/mol. The average molecular weight is 337 g/mol. The second kappa shape index (κ2) is 8.50. The number of aliphatic hydroxyl groups excluding tert-OH is 1. The Kier molecular flexibility index (Phi) is 5.87. The number of aliphatic hydroxyl groups is 1. The molecule has 3 rings (SSSR count). The SMILES string of the molecule is CC(CCO)N(Cc1ccccc1)Cc1nnnn1-c1ccccc1. The van der Waals surface area contributed by atoms with Crippen molar-refractivity contribution in [1.29, 1.82) is 0 Å². The van der Waals surface area contributed by atoms with Gasteiger partial charge in [-0.2, -0.15) is 4.68 Å². The summed E-state index contributed by atoms with van der Waals surface area (Å²) < 4.78 is 1.77. The summed E-state index contributed by atoms with van der Waals surface area (Å²) in [6.07, 6.45) is 0.708. The number of para-hydroxylation sites is 1. The van der Waals surface area contributed by atoms with Gasteiger partial charge >= 0.3 is 0 Å². The fraction of sp³-hybridized carbons (Fsp3) is 0.316. The van der Waals surface area contributed by atoms with E-state index < -0.39 is 0 Å². The van der Waals surface area contributed by atoms with Crippen LogP contribution in [0.2, 0.25) is 0 Å². The summed E-state index contributed by atoms with van der Waals surface area (Å²) in [6.45, 7) is 3.67. The Hall–Kier alpha value is -2.57. The second-order valence-electron chi connectivity index (χ2n) is 6.09. The summed E-state index contributed by atoms with van der Waals surface area (Å²) in [7, 11) is 0. The molecule has 0 bridgehead atoms. The normalized spacial score (nSPS) is 12.4. The molecule has 0 saturated heterocycles. The largest absolute Gasteiger partial charge is 0.396 e. The summed E-state index contributed by atoms with van der Waals surface area (Å²) in [5.41, 5.74) is 2.17. The molecule has 6 heteroatoms. The number of rotatable bonds is 8. The van der Waals surface area contributed by atoms with Crippen LogP contribution in [0.1, 0.15) is 24.7 Å².